The van der Waals surface area contributed by atoms with E-state index in [1.54, 1.807) is 0 Å². The molecule has 0 bridgehead atoms. The maximum atomic E-state index is 5.79. The van der Waals surface area contributed by atoms with Gasteiger partial charge in [-0.3, -0.25) is 0 Å². The number of anilines is 1. The first-order chi connectivity index (χ1) is 9.61. The summed E-state index contributed by atoms with van der Waals surface area (Å²) in [5, 5.41) is 0. The number of piperazine rings is 1. The fourth-order valence-electron chi connectivity index (χ4n) is 2.79. The number of hydrogen-bond donors (Lipinski definition) is 2. The van der Waals surface area contributed by atoms with Gasteiger partial charge in [-0.15, -0.1) is 0 Å². The van der Waals surface area contributed by atoms with Crippen molar-refractivity contribution in [3.05, 3.63) is 24.0 Å². The predicted octanol–water partition coefficient (Wildman–Crippen LogP) is 1.32. The van der Waals surface area contributed by atoms with Gasteiger partial charge < -0.3 is 20.5 Å². The SMILES string of the molecule is CC1CN(CCc2nc3ccc(N)cc3[nH]2)CCN1C. The van der Waals surface area contributed by atoms with Crippen LogP contribution in [0.4, 0.5) is 5.69 Å². The van der Waals surface area contributed by atoms with Crippen molar-refractivity contribution in [3.63, 3.8) is 0 Å². The third kappa shape index (κ3) is 2.78. The van der Waals surface area contributed by atoms with Gasteiger partial charge in [0.25, 0.3) is 0 Å². The summed E-state index contributed by atoms with van der Waals surface area (Å²) >= 11 is 0. The Hall–Kier alpha value is -1.59. The Morgan fingerprint density at radius 1 is 1.40 bits per heavy atom. The number of benzene rings is 1. The second-order valence-corrected chi connectivity index (χ2v) is 5.84. The van der Waals surface area contributed by atoms with Gasteiger partial charge >= 0.3 is 0 Å². The van der Waals surface area contributed by atoms with Gasteiger partial charge in [-0.05, 0) is 32.2 Å². The lowest BCUT2D eigenvalue weighted by Crippen LogP contribution is -2.50. The number of nitrogen functional groups attached to an aromatic ring is 1. The average molecular weight is 273 g/mol. The van der Waals surface area contributed by atoms with Gasteiger partial charge in [-0.2, -0.15) is 0 Å². The molecular formula is C15H23N5. The second kappa shape index (κ2) is 5.42. The summed E-state index contributed by atoms with van der Waals surface area (Å²) in [6.07, 6.45) is 0.963. The number of nitrogens with one attached hydrogen (secondary N) is 1. The van der Waals surface area contributed by atoms with Crippen LogP contribution in [0.3, 0.4) is 0 Å². The highest BCUT2D eigenvalue weighted by atomic mass is 15.3. The minimum absolute atomic E-state index is 0.638. The van der Waals surface area contributed by atoms with Crippen molar-refractivity contribution in [2.24, 2.45) is 0 Å². The van der Waals surface area contributed by atoms with E-state index in [2.05, 4.69) is 33.7 Å². The molecule has 1 aliphatic heterocycles. The van der Waals surface area contributed by atoms with Gasteiger partial charge in [-0.1, -0.05) is 0 Å². The lowest BCUT2D eigenvalue weighted by Gasteiger charge is -2.37. The number of hydrogen-bond acceptors (Lipinski definition) is 4. The molecule has 0 radical (unpaired) electrons. The molecule has 2 aromatic rings. The average Bonchev–Trinajstić information content (AvgIpc) is 2.82. The molecule has 1 fully saturated rings. The van der Waals surface area contributed by atoms with Crippen LogP contribution in [0.15, 0.2) is 18.2 Å². The number of nitrogens with zero attached hydrogens (tertiary/aromatic N) is 3. The third-order valence-corrected chi connectivity index (χ3v) is 4.26. The maximum Gasteiger partial charge on any atom is 0.108 e. The first kappa shape index (κ1) is 13.4. The first-order valence-corrected chi connectivity index (χ1v) is 7.28. The van der Waals surface area contributed by atoms with Gasteiger partial charge in [0.1, 0.15) is 5.82 Å². The molecule has 0 amide bonds. The van der Waals surface area contributed by atoms with Crippen molar-refractivity contribution >= 4 is 16.7 Å². The highest BCUT2D eigenvalue weighted by Gasteiger charge is 2.20. The molecule has 2 heterocycles. The highest BCUT2D eigenvalue weighted by molar-refractivity contribution is 5.78. The Bertz CT molecular complexity index is 591. The number of H-pyrrole nitrogens is 1. The second-order valence-electron chi connectivity index (χ2n) is 5.84. The lowest BCUT2D eigenvalue weighted by molar-refractivity contribution is 0.106. The molecule has 3 N–H and O–H groups in total. The molecule has 1 unspecified atom stereocenters. The third-order valence-electron chi connectivity index (χ3n) is 4.26. The number of nitrogens with two attached hydrogens (primary N) is 1. The number of aromatic amines is 1. The van der Waals surface area contributed by atoms with Crippen LogP contribution >= 0.6 is 0 Å². The van der Waals surface area contributed by atoms with Gasteiger partial charge in [0, 0.05) is 44.3 Å². The number of imidazole rings is 1. The van der Waals surface area contributed by atoms with Crippen LogP contribution in [0, 0.1) is 0 Å². The normalized spacial score (nSPS) is 21.6. The monoisotopic (exact) mass is 273 g/mol. The molecule has 1 atom stereocenters. The predicted molar refractivity (Wildman–Crippen MR) is 82.7 cm³/mol. The van der Waals surface area contributed by atoms with E-state index in [4.69, 9.17) is 5.73 Å². The van der Waals surface area contributed by atoms with Crippen molar-refractivity contribution in [3.8, 4) is 0 Å². The molecule has 1 aliphatic rings. The van der Waals surface area contributed by atoms with Crippen molar-refractivity contribution in [2.45, 2.75) is 19.4 Å². The van der Waals surface area contributed by atoms with Gasteiger partial charge in [0.05, 0.1) is 11.0 Å². The van der Waals surface area contributed by atoms with E-state index < -0.39 is 0 Å². The van der Waals surface area contributed by atoms with E-state index in [0.29, 0.717) is 6.04 Å². The molecule has 1 aromatic heterocycles. The van der Waals surface area contributed by atoms with E-state index in [1.807, 2.05) is 18.2 Å². The zero-order valence-electron chi connectivity index (χ0n) is 12.3. The van der Waals surface area contributed by atoms with Crippen LogP contribution in [0.5, 0.6) is 0 Å². The van der Waals surface area contributed by atoms with E-state index >= 15 is 0 Å². The molecular weight excluding hydrogens is 250 g/mol. The summed E-state index contributed by atoms with van der Waals surface area (Å²) < 4.78 is 0. The number of rotatable bonds is 3. The molecule has 1 saturated heterocycles. The summed E-state index contributed by atoms with van der Waals surface area (Å²) in [6.45, 7) is 6.79. The Labute approximate surface area is 119 Å². The van der Waals surface area contributed by atoms with Crippen LogP contribution in [-0.2, 0) is 6.42 Å². The number of likely N-dealkylation sites (N-methyl/N-ethyl adjacent to an activating group) is 1. The Balaban J connectivity index is 1.62. The summed E-state index contributed by atoms with van der Waals surface area (Å²) in [5.74, 6) is 1.05. The standard InChI is InChI=1S/C15H23N5/c1-11-10-20(8-7-19(11)2)6-5-15-17-13-4-3-12(16)9-14(13)18-15/h3-4,9,11H,5-8,10,16H2,1-2H3,(H,17,18). The van der Waals surface area contributed by atoms with Crippen LogP contribution in [0.2, 0.25) is 0 Å². The van der Waals surface area contributed by atoms with Crippen molar-refractivity contribution < 1.29 is 0 Å². The van der Waals surface area contributed by atoms with Crippen LogP contribution in [0.1, 0.15) is 12.7 Å². The van der Waals surface area contributed by atoms with Gasteiger partial charge in [0.15, 0.2) is 0 Å². The fourth-order valence-corrected chi connectivity index (χ4v) is 2.79. The van der Waals surface area contributed by atoms with E-state index in [0.717, 1.165) is 55.1 Å². The van der Waals surface area contributed by atoms with Crippen LogP contribution in [0.25, 0.3) is 11.0 Å². The quantitative estimate of drug-likeness (QED) is 0.828. The smallest absolute Gasteiger partial charge is 0.108 e. The maximum absolute atomic E-state index is 5.79. The highest BCUT2D eigenvalue weighted by Crippen LogP contribution is 2.15. The molecule has 0 aliphatic carbocycles. The number of fused-ring (bicyclic) bond motifs is 1. The van der Waals surface area contributed by atoms with E-state index in [-0.39, 0.29) is 0 Å². The van der Waals surface area contributed by atoms with Gasteiger partial charge in [-0.25, -0.2) is 4.98 Å². The molecule has 5 nitrogen and oxygen atoms in total. The van der Waals surface area contributed by atoms with Crippen molar-refractivity contribution in [1.82, 2.24) is 19.8 Å². The minimum Gasteiger partial charge on any atom is -0.399 e. The Morgan fingerprint density at radius 3 is 3.05 bits per heavy atom. The molecule has 108 valence electrons. The largest absolute Gasteiger partial charge is 0.399 e. The van der Waals surface area contributed by atoms with Crippen LogP contribution in [-0.4, -0.2) is 59.0 Å². The lowest BCUT2D eigenvalue weighted by atomic mass is 10.2. The molecule has 1 aromatic carbocycles. The summed E-state index contributed by atoms with van der Waals surface area (Å²) in [5.41, 5.74) is 8.60. The summed E-state index contributed by atoms with van der Waals surface area (Å²) in [7, 11) is 2.20. The molecule has 0 spiro atoms. The van der Waals surface area contributed by atoms with Crippen LogP contribution < -0.4 is 5.73 Å². The molecule has 3 rings (SSSR count). The molecule has 0 saturated carbocycles. The van der Waals surface area contributed by atoms with E-state index in [9.17, 15) is 0 Å². The molecule has 5 heteroatoms. The number of aromatic nitrogens is 2. The first-order valence-electron chi connectivity index (χ1n) is 7.28. The Kier molecular flexibility index (Phi) is 3.63. The Morgan fingerprint density at radius 2 is 2.25 bits per heavy atom. The van der Waals surface area contributed by atoms with Crippen molar-refractivity contribution in [2.75, 3.05) is 39.0 Å². The zero-order valence-corrected chi connectivity index (χ0v) is 12.3. The molecule has 20 heavy (non-hydrogen) atoms. The summed E-state index contributed by atoms with van der Waals surface area (Å²) in [4.78, 5) is 12.9. The summed E-state index contributed by atoms with van der Waals surface area (Å²) in [6, 6.07) is 6.46. The minimum atomic E-state index is 0.638. The van der Waals surface area contributed by atoms with Crippen molar-refractivity contribution in [1.29, 1.82) is 0 Å². The zero-order chi connectivity index (χ0) is 14.1. The topological polar surface area (TPSA) is 61.2 Å². The van der Waals surface area contributed by atoms with E-state index in [1.165, 1.54) is 0 Å². The van der Waals surface area contributed by atoms with Gasteiger partial charge in [0.2, 0.25) is 0 Å². The fraction of sp³-hybridized carbons (Fsp3) is 0.533.